The molecule has 0 saturated carbocycles. The standard InChI is InChI=1S/C12H20N2O/c1-4-12(15)11-8-13-14(9-11)7-5-6-10(2)3/h8-10H,4-7H2,1-3H3. The summed E-state index contributed by atoms with van der Waals surface area (Å²) in [5.41, 5.74) is 0.738. The first kappa shape index (κ1) is 12.0. The Kier molecular flexibility index (Phi) is 4.53. The van der Waals surface area contributed by atoms with Crippen LogP contribution in [0.4, 0.5) is 0 Å². The Labute approximate surface area is 91.5 Å². The lowest BCUT2D eigenvalue weighted by Gasteiger charge is -2.03. The lowest BCUT2D eigenvalue weighted by Crippen LogP contribution is -2.00. The molecule has 0 aliphatic rings. The van der Waals surface area contributed by atoms with Crippen LogP contribution in [-0.4, -0.2) is 15.6 Å². The van der Waals surface area contributed by atoms with E-state index < -0.39 is 0 Å². The first-order chi connectivity index (χ1) is 7.13. The van der Waals surface area contributed by atoms with E-state index >= 15 is 0 Å². The summed E-state index contributed by atoms with van der Waals surface area (Å²) in [5, 5.41) is 4.18. The van der Waals surface area contributed by atoms with Crippen molar-refractivity contribution in [3.8, 4) is 0 Å². The minimum absolute atomic E-state index is 0.171. The summed E-state index contributed by atoms with van der Waals surface area (Å²) in [7, 11) is 0. The van der Waals surface area contributed by atoms with Crippen molar-refractivity contribution >= 4 is 5.78 Å². The van der Waals surface area contributed by atoms with E-state index in [1.165, 1.54) is 6.42 Å². The SMILES string of the molecule is CCC(=O)c1cnn(CCCC(C)C)c1. The monoisotopic (exact) mass is 208 g/mol. The molecule has 84 valence electrons. The van der Waals surface area contributed by atoms with Gasteiger partial charge in [0.15, 0.2) is 5.78 Å². The number of aromatic nitrogens is 2. The summed E-state index contributed by atoms with van der Waals surface area (Å²) in [6.45, 7) is 7.22. The van der Waals surface area contributed by atoms with Crippen molar-refractivity contribution in [2.45, 2.75) is 46.6 Å². The van der Waals surface area contributed by atoms with E-state index in [1.54, 1.807) is 6.20 Å². The van der Waals surface area contributed by atoms with Gasteiger partial charge in [0.05, 0.1) is 11.8 Å². The van der Waals surface area contributed by atoms with Crippen molar-refractivity contribution < 1.29 is 4.79 Å². The molecule has 0 radical (unpaired) electrons. The van der Waals surface area contributed by atoms with Gasteiger partial charge in [0.25, 0.3) is 0 Å². The van der Waals surface area contributed by atoms with Gasteiger partial charge in [-0.15, -0.1) is 0 Å². The maximum Gasteiger partial charge on any atom is 0.165 e. The van der Waals surface area contributed by atoms with Gasteiger partial charge in [-0.3, -0.25) is 9.48 Å². The van der Waals surface area contributed by atoms with Gasteiger partial charge in [-0.05, 0) is 18.8 Å². The quantitative estimate of drug-likeness (QED) is 0.674. The van der Waals surface area contributed by atoms with E-state index in [-0.39, 0.29) is 5.78 Å². The van der Waals surface area contributed by atoms with Gasteiger partial charge in [-0.2, -0.15) is 5.10 Å². The number of rotatable bonds is 6. The highest BCUT2D eigenvalue weighted by Gasteiger charge is 2.05. The number of hydrogen-bond donors (Lipinski definition) is 0. The van der Waals surface area contributed by atoms with Gasteiger partial charge in [0.1, 0.15) is 0 Å². The largest absolute Gasteiger partial charge is 0.294 e. The van der Waals surface area contributed by atoms with Crippen molar-refractivity contribution in [2.75, 3.05) is 0 Å². The smallest absolute Gasteiger partial charge is 0.165 e. The zero-order valence-corrected chi connectivity index (χ0v) is 9.86. The van der Waals surface area contributed by atoms with Crippen molar-refractivity contribution in [3.63, 3.8) is 0 Å². The van der Waals surface area contributed by atoms with Crippen LogP contribution >= 0.6 is 0 Å². The van der Waals surface area contributed by atoms with Gasteiger partial charge < -0.3 is 0 Å². The summed E-state index contributed by atoms with van der Waals surface area (Å²) in [4.78, 5) is 11.4. The number of carbonyl (C=O) groups is 1. The number of carbonyl (C=O) groups excluding carboxylic acids is 1. The summed E-state index contributed by atoms with van der Waals surface area (Å²) in [5.74, 6) is 0.905. The van der Waals surface area contributed by atoms with E-state index in [0.29, 0.717) is 6.42 Å². The molecular weight excluding hydrogens is 188 g/mol. The molecule has 0 aromatic carbocycles. The van der Waals surface area contributed by atoms with E-state index in [2.05, 4.69) is 18.9 Å². The second-order valence-corrected chi connectivity index (χ2v) is 4.30. The molecule has 0 aliphatic heterocycles. The Morgan fingerprint density at radius 1 is 1.53 bits per heavy atom. The lowest BCUT2D eigenvalue weighted by atomic mass is 10.1. The third-order valence-electron chi connectivity index (χ3n) is 2.45. The van der Waals surface area contributed by atoms with Gasteiger partial charge in [-0.1, -0.05) is 20.8 Å². The molecule has 0 spiro atoms. The number of Topliss-reactive ketones (excluding diaryl/α,β-unsaturated/α-hetero) is 1. The van der Waals surface area contributed by atoms with Gasteiger partial charge in [0, 0.05) is 19.2 Å². The molecule has 0 unspecified atom stereocenters. The van der Waals surface area contributed by atoms with Crippen LogP contribution < -0.4 is 0 Å². The van der Waals surface area contributed by atoms with Crippen molar-refractivity contribution in [1.82, 2.24) is 9.78 Å². The molecule has 1 aromatic heterocycles. The fraction of sp³-hybridized carbons (Fsp3) is 0.667. The normalized spacial score (nSPS) is 10.9. The molecule has 1 heterocycles. The highest BCUT2D eigenvalue weighted by atomic mass is 16.1. The number of aryl methyl sites for hydroxylation is 1. The maximum absolute atomic E-state index is 11.4. The topological polar surface area (TPSA) is 34.9 Å². The first-order valence-corrected chi connectivity index (χ1v) is 5.69. The minimum Gasteiger partial charge on any atom is -0.294 e. The summed E-state index contributed by atoms with van der Waals surface area (Å²) >= 11 is 0. The molecule has 0 atom stereocenters. The third kappa shape index (κ3) is 3.86. The van der Waals surface area contributed by atoms with Crippen LogP contribution in [0.15, 0.2) is 12.4 Å². The average molecular weight is 208 g/mol. The number of ketones is 1. The highest BCUT2D eigenvalue weighted by molar-refractivity contribution is 5.95. The lowest BCUT2D eigenvalue weighted by molar-refractivity contribution is 0.0988. The Bertz CT molecular complexity index is 315. The van der Waals surface area contributed by atoms with Gasteiger partial charge >= 0.3 is 0 Å². The Morgan fingerprint density at radius 2 is 2.27 bits per heavy atom. The molecule has 0 amide bonds. The third-order valence-corrected chi connectivity index (χ3v) is 2.45. The van der Waals surface area contributed by atoms with E-state index in [4.69, 9.17) is 0 Å². The molecule has 15 heavy (non-hydrogen) atoms. The Hall–Kier alpha value is -1.12. The number of hydrogen-bond acceptors (Lipinski definition) is 2. The number of nitrogens with zero attached hydrogens (tertiary/aromatic N) is 2. The van der Waals surface area contributed by atoms with Crippen molar-refractivity contribution in [3.05, 3.63) is 18.0 Å². The Morgan fingerprint density at radius 3 is 2.87 bits per heavy atom. The van der Waals surface area contributed by atoms with Crippen molar-refractivity contribution in [2.24, 2.45) is 5.92 Å². The molecule has 1 aromatic rings. The minimum atomic E-state index is 0.171. The fourth-order valence-electron chi connectivity index (χ4n) is 1.50. The van der Waals surface area contributed by atoms with E-state index in [9.17, 15) is 4.79 Å². The fourth-order valence-corrected chi connectivity index (χ4v) is 1.50. The molecule has 3 heteroatoms. The van der Waals surface area contributed by atoms with Crippen LogP contribution in [0.25, 0.3) is 0 Å². The Balaban J connectivity index is 2.43. The molecule has 1 rings (SSSR count). The molecule has 3 nitrogen and oxygen atoms in total. The highest BCUT2D eigenvalue weighted by Crippen LogP contribution is 2.07. The van der Waals surface area contributed by atoms with E-state index in [0.717, 1.165) is 24.4 Å². The maximum atomic E-state index is 11.4. The summed E-state index contributed by atoms with van der Waals surface area (Å²) in [6.07, 6.45) is 6.40. The van der Waals surface area contributed by atoms with Crippen LogP contribution in [0.2, 0.25) is 0 Å². The molecular formula is C12H20N2O. The second-order valence-electron chi connectivity index (χ2n) is 4.30. The predicted molar refractivity (Wildman–Crippen MR) is 60.9 cm³/mol. The summed E-state index contributed by atoms with van der Waals surface area (Å²) < 4.78 is 1.87. The van der Waals surface area contributed by atoms with Gasteiger partial charge in [0.2, 0.25) is 0 Å². The second kappa shape index (κ2) is 5.69. The molecule has 0 fully saturated rings. The molecule has 0 saturated heterocycles. The van der Waals surface area contributed by atoms with Crippen LogP contribution in [-0.2, 0) is 6.54 Å². The van der Waals surface area contributed by atoms with Crippen LogP contribution in [0.1, 0.15) is 50.4 Å². The zero-order valence-electron chi connectivity index (χ0n) is 9.86. The summed E-state index contributed by atoms with van der Waals surface area (Å²) in [6, 6.07) is 0. The van der Waals surface area contributed by atoms with Crippen LogP contribution in [0.5, 0.6) is 0 Å². The van der Waals surface area contributed by atoms with E-state index in [1.807, 2.05) is 17.8 Å². The molecule has 0 N–H and O–H groups in total. The average Bonchev–Trinajstić information content (AvgIpc) is 2.65. The van der Waals surface area contributed by atoms with Gasteiger partial charge in [-0.25, -0.2) is 0 Å². The molecule has 0 bridgehead atoms. The van der Waals surface area contributed by atoms with Crippen LogP contribution in [0.3, 0.4) is 0 Å². The zero-order chi connectivity index (χ0) is 11.3. The van der Waals surface area contributed by atoms with Crippen LogP contribution in [0, 0.1) is 5.92 Å². The predicted octanol–water partition coefficient (Wildman–Crippen LogP) is 2.91. The first-order valence-electron chi connectivity index (χ1n) is 5.69. The van der Waals surface area contributed by atoms with Crippen molar-refractivity contribution in [1.29, 1.82) is 0 Å². The molecule has 0 aliphatic carbocycles.